The first-order valence-corrected chi connectivity index (χ1v) is 31.4. The molecule has 1 aromatic rings. The van der Waals surface area contributed by atoms with E-state index in [4.69, 9.17) is 29.3 Å². The molecule has 5 aliphatic heterocycles. The molecule has 6 N–H and O–H groups in total. The van der Waals surface area contributed by atoms with Crippen molar-refractivity contribution in [2.45, 2.75) is 189 Å². The number of carbonyl (C=O) groups excluding carboxylic acids is 14. The summed E-state index contributed by atoms with van der Waals surface area (Å²) in [4.78, 5) is 225. The van der Waals surface area contributed by atoms with E-state index in [0.717, 1.165) is 31.4 Å². The number of aryl methyl sites for hydroxylation is 1. The van der Waals surface area contributed by atoms with E-state index < -0.39 is 215 Å². The van der Waals surface area contributed by atoms with Crippen molar-refractivity contribution < 1.29 is 85.8 Å². The number of hydrogen-bond donors (Lipinski definition) is 5. The average Bonchev–Trinajstić information content (AvgIpc) is 1.47. The smallest absolute Gasteiger partial charge is 0.329 e. The van der Waals surface area contributed by atoms with Crippen molar-refractivity contribution in [1.29, 1.82) is 0 Å². The Balaban J connectivity index is 1.33. The Kier molecular flexibility index (Phi) is 21.9. The molecule has 0 aromatic heterocycles. The Morgan fingerprint density at radius 3 is 1.72 bits per heavy atom. The molecule has 1 aromatic carbocycles. The number of amides is 10. The molecular weight excluding hydrogens is 1240 g/mol. The first-order chi connectivity index (χ1) is 44.2. The number of fused-ring (bicyclic) bond motifs is 4. The maximum Gasteiger partial charge on any atom is 0.329 e. The molecule has 6 aliphatic rings. The van der Waals surface area contributed by atoms with Gasteiger partial charge in [-0.3, -0.25) is 62.3 Å². The number of esters is 3. The molecule has 13 atom stereocenters. The number of aromatic nitrogens is 1. The lowest BCUT2D eigenvalue weighted by atomic mass is 9.98. The molecule has 5 heterocycles. The number of hydrogen-bond acceptors (Lipinski definition) is 21. The Morgan fingerprint density at radius 2 is 1.18 bits per heavy atom. The third-order valence-electron chi connectivity index (χ3n) is 18.1. The van der Waals surface area contributed by atoms with Gasteiger partial charge in [-0.2, -0.15) is 0 Å². The molecule has 13 unspecified atom stereocenters. The molecule has 0 spiro atoms. The molecule has 1 aliphatic carbocycles. The van der Waals surface area contributed by atoms with E-state index in [1.807, 2.05) is 0 Å². The van der Waals surface area contributed by atoms with Crippen LogP contribution in [0.2, 0.25) is 0 Å². The van der Waals surface area contributed by atoms with Gasteiger partial charge in [0, 0.05) is 65.6 Å². The molecule has 0 bridgehead atoms. The van der Waals surface area contributed by atoms with Crippen molar-refractivity contribution in [3.05, 3.63) is 44.6 Å². The van der Waals surface area contributed by atoms with E-state index >= 15 is 14.4 Å². The normalized spacial score (nSPS) is 27.7. The van der Waals surface area contributed by atoms with Crippen molar-refractivity contribution in [1.82, 2.24) is 55.7 Å². The lowest BCUT2D eigenvalue weighted by Crippen LogP contribution is -2.63. The van der Waals surface area contributed by atoms with E-state index in [2.05, 4.69) is 21.3 Å². The zero-order valence-corrected chi connectivity index (χ0v) is 56.7. The first kappa shape index (κ1) is 72.8. The third-order valence-corrected chi connectivity index (χ3v) is 18.1. The van der Waals surface area contributed by atoms with Crippen LogP contribution in [0.4, 0.5) is 5.69 Å². The first-order valence-electron chi connectivity index (χ1n) is 31.4. The van der Waals surface area contributed by atoms with E-state index in [-0.39, 0.29) is 40.8 Å². The van der Waals surface area contributed by atoms with Gasteiger partial charge in [-0.05, 0) is 77.8 Å². The standard InChI is InChI=1S/C64H86N12O19/c1-25(2)43-59(86)75-29(8)21-37(78)50(75)61(88)71(15)23-39(79)73(17)32(11)63(90)92-33(12)46(58(85)67-43)70-56(83)41-42(65)52(81)31(10)54-48(41)66-47-36(20-19-28(7)53(47)95-54)55(82)69-45-34(13)93-64(91)49(27(5)6)74(18)40(80)24-72(16)62(89)51-38(94-35(14)77)22-30(9)76(51)60(87)44(26(3)4)68-57(45)84/h19-20,25-27,29-30,32-34,38,43-46,49-51H,21-24,65H2,1-18H3,(H,67,85)(H,68,84)(H,69,82)(H,70,83). The average molecular weight is 1330 g/mol. The third kappa shape index (κ3) is 14.4. The molecule has 10 amide bonds. The molecular formula is C64H86N12O19. The van der Waals surface area contributed by atoms with Gasteiger partial charge >= 0.3 is 17.9 Å². The van der Waals surface area contributed by atoms with Crippen molar-refractivity contribution in [3.63, 3.8) is 0 Å². The summed E-state index contributed by atoms with van der Waals surface area (Å²) in [5.74, 6) is -15.4. The number of likely N-dealkylation sites (N-methyl/N-ethyl adjacent to an activating group) is 4. The van der Waals surface area contributed by atoms with Gasteiger partial charge in [0.2, 0.25) is 46.8 Å². The second kappa shape index (κ2) is 28.6. The summed E-state index contributed by atoms with van der Waals surface area (Å²) < 4.78 is 23.7. The molecule has 4 saturated heterocycles. The van der Waals surface area contributed by atoms with Gasteiger partial charge in [-0.1, -0.05) is 47.6 Å². The molecule has 0 radical (unpaired) electrons. The number of cyclic esters (lactones) is 2. The van der Waals surface area contributed by atoms with Gasteiger partial charge < -0.3 is 75.0 Å². The van der Waals surface area contributed by atoms with Crippen LogP contribution in [0.3, 0.4) is 0 Å². The topological polar surface area (TPSA) is 403 Å². The number of anilines is 1. The number of ketones is 1. The minimum absolute atomic E-state index is 0.000990. The predicted octanol–water partition coefficient (Wildman–Crippen LogP) is -0.413. The number of carbonyl (C=O) groups is 14. The molecule has 7 rings (SSSR count). The number of benzene rings is 2. The minimum atomic E-state index is -1.98. The summed E-state index contributed by atoms with van der Waals surface area (Å²) in [7, 11) is 5.14. The van der Waals surface area contributed by atoms with Crippen LogP contribution in [0.1, 0.15) is 128 Å². The fraction of sp³-hybridized carbons (Fsp3) is 0.594. The lowest BCUT2D eigenvalue weighted by Gasteiger charge is -2.37. The Morgan fingerprint density at radius 1 is 0.663 bits per heavy atom. The van der Waals surface area contributed by atoms with Crippen LogP contribution in [0.25, 0.3) is 22.6 Å². The van der Waals surface area contributed by atoms with Crippen LogP contribution in [0, 0.1) is 31.6 Å². The van der Waals surface area contributed by atoms with Crippen molar-refractivity contribution >= 4 is 99.6 Å². The number of ether oxygens (including phenoxy) is 3. The van der Waals surface area contributed by atoms with Crippen molar-refractivity contribution in [2.24, 2.45) is 17.8 Å². The number of Topliss-reactive ketones (excluding diaryl/α,β-unsaturated/α-hetero) is 1. The quantitative estimate of drug-likeness (QED) is 0.0629. The van der Waals surface area contributed by atoms with Crippen molar-refractivity contribution in [3.8, 4) is 11.5 Å². The van der Waals surface area contributed by atoms with Gasteiger partial charge in [0.15, 0.2) is 23.2 Å². The van der Waals surface area contributed by atoms with Crippen LogP contribution in [-0.4, -0.2) is 237 Å². The SMILES string of the molecule is CC(=O)OC1CC(C)N2C(=O)C(C(C)C)NC(=O)C(NC(=O)c3ccc(C)c4oc5c(C)c(=O)c(N)c(C(=O)NC6C(=O)NC(C(C)C)C(=O)N7C(C)CC(=O)C7C(=O)N(C)CC(=O)N(C)C(C)C(=O)OC6C)c-5nc34)C(C)OC(=O)C(C(C)C)N(C)C(=O)CN(C)C(=O)C12. The van der Waals surface area contributed by atoms with E-state index in [1.165, 1.54) is 79.8 Å². The lowest BCUT2D eigenvalue weighted by molar-refractivity contribution is -0.163. The minimum Gasteiger partial charge on any atom is -0.460 e. The number of nitrogen functional groups attached to an aromatic ring is 1. The predicted molar refractivity (Wildman–Crippen MR) is 337 cm³/mol. The molecule has 0 saturated carbocycles. The number of nitrogens with two attached hydrogens (primary N) is 1. The fourth-order valence-corrected chi connectivity index (χ4v) is 12.5. The second-order valence-electron chi connectivity index (χ2n) is 26.2. The zero-order valence-electron chi connectivity index (χ0n) is 56.7. The van der Waals surface area contributed by atoms with Crippen LogP contribution < -0.4 is 32.4 Å². The zero-order chi connectivity index (χ0) is 71.2. The van der Waals surface area contributed by atoms with Gasteiger partial charge in [0.25, 0.3) is 17.7 Å². The summed E-state index contributed by atoms with van der Waals surface area (Å²) in [6.45, 7) is 19.4. The van der Waals surface area contributed by atoms with Crippen LogP contribution >= 0.6 is 0 Å². The largest absolute Gasteiger partial charge is 0.460 e. The number of nitrogens with zero attached hydrogens (tertiary/aromatic N) is 7. The fourth-order valence-electron chi connectivity index (χ4n) is 12.5. The molecule has 4 fully saturated rings. The summed E-state index contributed by atoms with van der Waals surface area (Å²) in [6.07, 6.45) is -4.67. The summed E-state index contributed by atoms with van der Waals surface area (Å²) >= 11 is 0. The van der Waals surface area contributed by atoms with Gasteiger partial charge in [0.05, 0.1) is 29.9 Å². The Labute approximate surface area is 548 Å². The highest BCUT2D eigenvalue weighted by molar-refractivity contribution is 6.13. The molecule has 31 nitrogen and oxygen atoms in total. The highest BCUT2D eigenvalue weighted by Gasteiger charge is 2.53. The van der Waals surface area contributed by atoms with Crippen molar-refractivity contribution in [2.75, 3.05) is 47.0 Å². The van der Waals surface area contributed by atoms with Gasteiger partial charge in [0.1, 0.15) is 71.8 Å². The van der Waals surface area contributed by atoms with Gasteiger partial charge in [-0.25, -0.2) is 14.6 Å². The summed E-state index contributed by atoms with van der Waals surface area (Å²) in [5, 5.41) is 10.4. The number of rotatable bonds is 8. The summed E-state index contributed by atoms with van der Waals surface area (Å²) in [6, 6.07) is -11.6. The molecule has 95 heavy (non-hydrogen) atoms. The molecule has 31 heteroatoms. The highest BCUT2D eigenvalue weighted by atomic mass is 16.6. The Bertz CT molecular complexity index is 3700. The summed E-state index contributed by atoms with van der Waals surface area (Å²) in [5.41, 5.74) is 3.04. The highest BCUT2D eigenvalue weighted by Crippen LogP contribution is 2.36. The maximum absolute atomic E-state index is 15.2. The number of nitrogens with one attached hydrogen (secondary N) is 4. The van der Waals surface area contributed by atoms with Gasteiger partial charge in [-0.15, -0.1) is 0 Å². The second-order valence-corrected chi connectivity index (χ2v) is 26.2. The van der Waals surface area contributed by atoms with E-state index in [9.17, 15) is 57.5 Å². The van der Waals surface area contributed by atoms with Crippen LogP contribution in [0.15, 0.2) is 21.3 Å². The molecule has 516 valence electrons. The van der Waals surface area contributed by atoms with Crippen LogP contribution in [0.5, 0.6) is 0 Å². The monoisotopic (exact) mass is 1330 g/mol. The van der Waals surface area contributed by atoms with E-state index in [0.29, 0.717) is 5.56 Å². The Hall–Kier alpha value is -9.58. The van der Waals surface area contributed by atoms with E-state index in [1.54, 1.807) is 55.4 Å². The van der Waals surface area contributed by atoms with Crippen LogP contribution in [-0.2, 0) is 71.7 Å². The maximum atomic E-state index is 15.2.